The molecule has 2 aromatic heterocycles. The van der Waals surface area contributed by atoms with E-state index in [-0.39, 0.29) is 5.38 Å². The molecule has 0 bridgehead atoms. The Morgan fingerprint density at radius 1 is 1.30 bits per heavy atom. The number of benzene rings is 1. The Hall–Kier alpha value is -1.10. The van der Waals surface area contributed by atoms with Crippen LogP contribution in [0.25, 0.3) is 16.9 Å². The molecule has 3 aromatic rings. The molecule has 0 spiro atoms. The van der Waals surface area contributed by atoms with Gasteiger partial charge in [-0.25, -0.2) is 9.97 Å². The monoisotopic (exact) mass is 369 g/mol. The van der Waals surface area contributed by atoms with Crippen molar-refractivity contribution in [2.24, 2.45) is 0 Å². The standard InChI is InChI=1S/C14H10BrCl2N3/c1-8(16)13-19-11-3-2-6-18-14(11)20(13)12-5-4-9(15)7-10(12)17/h2-8H,1H3. The SMILES string of the molecule is CC(Cl)c1nc2cccnc2n1-c1ccc(Br)cc1Cl. The minimum atomic E-state index is -0.246. The minimum absolute atomic E-state index is 0.246. The lowest BCUT2D eigenvalue weighted by atomic mass is 10.3. The van der Waals surface area contributed by atoms with Gasteiger partial charge in [-0.1, -0.05) is 27.5 Å². The Labute approximate surface area is 134 Å². The number of fused-ring (bicyclic) bond motifs is 1. The molecule has 1 unspecified atom stereocenters. The molecule has 6 heteroatoms. The van der Waals surface area contributed by atoms with E-state index in [0.717, 1.165) is 27.1 Å². The maximum absolute atomic E-state index is 6.35. The predicted molar refractivity (Wildman–Crippen MR) is 85.8 cm³/mol. The third-order valence-corrected chi connectivity index (χ3v) is 3.94. The molecular weight excluding hydrogens is 361 g/mol. The highest BCUT2D eigenvalue weighted by Gasteiger charge is 2.18. The number of aromatic nitrogens is 3. The maximum atomic E-state index is 6.35. The molecule has 3 rings (SSSR count). The highest BCUT2D eigenvalue weighted by molar-refractivity contribution is 9.10. The number of hydrogen-bond acceptors (Lipinski definition) is 2. The second kappa shape index (κ2) is 5.35. The summed E-state index contributed by atoms with van der Waals surface area (Å²) in [7, 11) is 0. The average Bonchev–Trinajstić information content (AvgIpc) is 2.78. The average molecular weight is 371 g/mol. The molecule has 0 saturated carbocycles. The lowest BCUT2D eigenvalue weighted by Gasteiger charge is -2.11. The molecule has 0 fully saturated rings. The number of hydrogen-bond donors (Lipinski definition) is 0. The molecule has 0 aliphatic carbocycles. The smallest absolute Gasteiger partial charge is 0.164 e. The van der Waals surface area contributed by atoms with Crippen LogP contribution in [-0.2, 0) is 0 Å². The van der Waals surface area contributed by atoms with Gasteiger partial charge >= 0.3 is 0 Å². The van der Waals surface area contributed by atoms with E-state index in [2.05, 4.69) is 25.9 Å². The van der Waals surface area contributed by atoms with Gasteiger partial charge in [0.05, 0.1) is 16.1 Å². The second-order valence-corrected chi connectivity index (χ2v) is 6.34. The predicted octanol–water partition coefficient (Wildman–Crippen LogP) is 5.14. The van der Waals surface area contributed by atoms with Crippen LogP contribution in [-0.4, -0.2) is 14.5 Å². The van der Waals surface area contributed by atoms with Crippen molar-refractivity contribution in [2.45, 2.75) is 12.3 Å². The van der Waals surface area contributed by atoms with E-state index in [1.807, 2.05) is 41.8 Å². The van der Waals surface area contributed by atoms with E-state index in [4.69, 9.17) is 23.2 Å². The number of alkyl halides is 1. The first-order valence-electron chi connectivity index (χ1n) is 6.01. The summed E-state index contributed by atoms with van der Waals surface area (Å²) in [4.78, 5) is 8.95. The van der Waals surface area contributed by atoms with Gasteiger partial charge in [0.25, 0.3) is 0 Å². The van der Waals surface area contributed by atoms with Crippen molar-refractivity contribution >= 4 is 50.3 Å². The number of imidazole rings is 1. The topological polar surface area (TPSA) is 30.7 Å². The van der Waals surface area contributed by atoms with E-state index in [9.17, 15) is 0 Å². The molecule has 0 N–H and O–H groups in total. The van der Waals surface area contributed by atoms with Crippen LogP contribution in [0.1, 0.15) is 18.1 Å². The number of halogens is 3. The van der Waals surface area contributed by atoms with Crippen molar-refractivity contribution in [2.75, 3.05) is 0 Å². The largest absolute Gasteiger partial charge is 0.278 e. The quantitative estimate of drug-likeness (QED) is 0.585. The summed E-state index contributed by atoms with van der Waals surface area (Å²) in [5.41, 5.74) is 2.37. The highest BCUT2D eigenvalue weighted by Crippen LogP contribution is 2.31. The first-order valence-corrected chi connectivity index (χ1v) is 7.61. The number of pyridine rings is 1. The molecular formula is C14H10BrCl2N3. The zero-order valence-corrected chi connectivity index (χ0v) is 13.6. The van der Waals surface area contributed by atoms with Crippen LogP contribution in [0.5, 0.6) is 0 Å². The third kappa shape index (κ3) is 2.32. The zero-order valence-electron chi connectivity index (χ0n) is 10.5. The molecule has 0 aliphatic heterocycles. The Balaban J connectivity index is 2.36. The second-order valence-electron chi connectivity index (χ2n) is 4.36. The Morgan fingerprint density at radius 2 is 2.10 bits per heavy atom. The zero-order chi connectivity index (χ0) is 14.3. The fraction of sp³-hybridized carbons (Fsp3) is 0.143. The third-order valence-electron chi connectivity index (χ3n) is 2.95. The molecule has 0 aliphatic rings. The van der Waals surface area contributed by atoms with Crippen LogP contribution in [0.15, 0.2) is 41.0 Å². The van der Waals surface area contributed by atoms with Crippen molar-refractivity contribution in [1.82, 2.24) is 14.5 Å². The van der Waals surface area contributed by atoms with Gasteiger partial charge in [0.15, 0.2) is 5.65 Å². The summed E-state index contributed by atoms with van der Waals surface area (Å²) in [6.07, 6.45) is 1.73. The molecule has 3 nitrogen and oxygen atoms in total. The molecule has 0 saturated heterocycles. The van der Waals surface area contributed by atoms with E-state index in [1.165, 1.54) is 0 Å². The van der Waals surface area contributed by atoms with E-state index in [0.29, 0.717) is 5.02 Å². The lowest BCUT2D eigenvalue weighted by molar-refractivity contribution is 0.877. The fourth-order valence-corrected chi connectivity index (χ4v) is 3.00. The summed E-state index contributed by atoms with van der Waals surface area (Å²) in [6.45, 7) is 1.88. The molecule has 20 heavy (non-hydrogen) atoms. The van der Waals surface area contributed by atoms with Crippen molar-refractivity contribution in [3.05, 3.63) is 51.8 Å². The van der Waals surface area contributed by atoms with Gasteiger partial charge in [-0.05, 0) is 37.3 Å². The van der Waals surface area contributed by atoms with Gasteiger partial charge in [-0.3, -0.25) is 4.57 Å². The summed E-state index contributed by atoms with van der Waals surface area (Å²) in [6, 6.07) is 9.46. The molecule has 0 radical (unpaired) electrons. The summed E-state index contributed by atoms with van der Waals surface area (Å²) < 4.78 is 2.83. The van der Waals surface area contributed by atoms with Crippen LogP contribution >= 0.6 is 39.1 Å². The van der Waals surface area contributed by atoms with Gasteiger partial charge in [-0.2, -0.15) is 0 Å². The molecule has 2 heterocycles. The van der Waals surface area contributed by atoms with Crippen molar-refractivity contribution < 1.29 is 0 Å². The highest BCUT2D eigenvalue weighted by atomic mass is 79.9. The molecule has 102 valence electrons. The Morgan fingerprint density at radius 3 is 2.80 bits per heavy atom. The van der Waals surface area contributed by atoms with Crippen LogP contribution in [0.3, 0.4) is 0 Å². The summed E-state index contributed by atoms with van der Waals surface area (Å²) in [5, 5.41) is 0.367. The maximum Gasteiger partial charge on any atom is 0.164 e. The van der Waals surface area contributed by atoms with Gasteiger partial charge in [0.2, 0.25) is 0 Å². The van der Waals surface area contributed by atoms with Gasteiger partial charge in [0, 0.05) is 10.7 Å². The Kier molecular flexibility index (Phi) is 3.71. The summed E-state index contributed by atoms with van der Waals surface area (Å²) in [5.74, 6) is 0.726. The summed E-state index contributed by atoms with van der Waals surface area (Å²) >= 11 is 16.0. The molecule has 0 amide bonds. The van der Waals surface area contributed by atoms with Gasteiger partial charge in [-0.15, -0.1) is 11.6 Å². The van der Waals surface area contributed by atoms with Crippen LogP contribution in [0.2, 0.25) is 5.02 Å². The molecule has 1 atom stereocenters. The van der Waals surface area contributed by atoms with Crippen LogP contribution in [0, 0.1) is 0 Å². The number of nitrogens with zero attached hydrogens (tertiary/aromatic N) is 3. The normalized spacial score (nSPS) is 12.8. The van der Waals surface area contributed by atoms with Crippen molar-refractivity contribution in [3.8, 4) is 5.69 Å². The fourth-order valence-electron chi connectivity index (χ4n) is 2.10. The van der Waals surface area contributed by atoms with Crippen LogP contribution in [0.4, 0.5) is 0 Å². The number of rotatable bonds is 2. The minimum Gasteiger partial charge on any atom is -0.278 e. The first-order chi connectivity index (χ1) is 9.58. The molecule has 1 aromatic carbocycles. The first kappa shape index (κ1) is 13.9. The van der Waals surface area contributed by atoms with E-state index < -0.39 is 0 Å². The van der Waals surface area contributed by atoms with Crippen molar-refractivity contribution in [1.29, 1.82) is 0 Å². The Bertz CT molecular complexity index is 783. The van der Waals surface area contributed by atoms with Gasteiger partial charge < -0.3 is 0 Å². The lowest BCUT2D eigenvalue weighted by Crippen LogP contribution is -2.03. The van der Waals surface area contributed by atoms with Crippen LogP contribution < -0.4 is 0 Å². The van der Waals surface area contributed by atoms with E-state index in [1.54, 1.807) is 6.20 Å². The van der Waals surface area contributed by atoms with Crippen molar-refractivity contribution in [3.63, 3.8) is 0 Å². The van der Waals surface area contributed by atoms with Gasteiger partial charge in [0.1, 0.15) is 11.3 Å². The van der Waals surface area contributed by atoms with E-state index >= 15 is 0 Å².